The van der Waals surface area contributed by atoms with Crippen LogP contribution in [-0.4, -0.2) is 28.2 Å². The average Bonchev–Trinajstić information content (AvgIpc) is 2.82. The quantitative estimate of drug-likeness (QED) is 0.668. The van der Waals surface area contributed by atoms with Gasteiger partial charge in [-0.05, 0) is 36.8 Å². The number of hydrogen-bond donors (Lipinski definition) is 3. The molecule has 5 heteroatoms. The predicted molar refractivity (Wildman–Crippen MR) is 60.3 cm³/mol. The summed E-state index contributed by atoms with van der Waals surface area (Å²) in [7, 11) is 0. The zero-order valence-electron chi connectivity index (χ0n) is 9.56. The van der Waals surface area contributed by atoms with Gasteiger partial charge in [-0.25, -0.2) is 4.79 Å². The van der Waals surface area contributed by atoms with Crippen molar-refractivity contribution in [3.05, 3.63) is 12.8 Å². The first-order valence-electron chi connectivity index (χ1n) is 5.85. The fourth-order valence-corrected chi connectivity index (χ4v) is 3.45. The third-order valence-electron chi connectivity index (χ3n) is 4.28. The van der Waals surface area contributed by atoms with E-state index < -0.39 is 18.0 Å². The molecule has 3 N–H and O–H groups in total. The van der Waals surface area contributed by atoms with E-state index in [9.17, 15) is 14.7 Å². The van der Waals surface area contributed by atoms with Crippen molar-refractivity contribution in [1.29, 1.82) is 0 Å². The molecular formula is C12H17NO4. The lowest BCUT2D eigenvalue weighted by molar-refractivity contribution is -0.143. The molecule has 0 aromatic heterocycles. The molecule has 2 fully saturated rings. The highest BCUT2D eigenvalue weighted by Crippen LogP contribution is 2.66. The summed E-state index contributed by atoms with van der Waals surface area (Å²) >= 11 is 0. The number of hydrogen-bond acceptors (Lipinski definition) is 3. The zero-order chi connectivity index (χ0) is 12.6. The van der Waals surface area contributed by atoms with E-state index in [-0.39, 0.29) is 17.3 Å². The summed E-state index contributed by atoms with van der Waals surface area (Å²) in [5.41, 5.74) is -0.287. The van der Waals surface area contributed by atoms with Crippen LogP contribution in [0.1, 0.15) is 25.7 Å². The van der Waals surface area contributed by atoms with Gasteiger partial charge < -0.3 is 15.5 Å². The lowest BCUT2D eigenvalue weighted by Crippen LogP contribution is -2.43. The van der Waals surface area contributed by atoms with Crippen molar-refractivity contribution in [3.8, 4) is 0 Å². The first-order chi connectivity index (χ1) is 8.03. The van der Waals surface area contributed by atoms with E-state index in [0.29, 0.717) is 6.42 Å². The van der Waals surface area contributed by atoms with E-state index in [1.165, 1.54) is 6.20 Å². The van der Waals surface area contributed by atoms with Gasteiger partial charge in [0.05, 0.1) is 5.92 Å². The molecule has 2 rings (SSSR count). The summed E-state index contributed by atoms with van der Waals surface area (Å²) in [6, 6.07) is -0.709. The van der Waals surface area contributed by atoms with Gasteiger partial charge in [-0.3, -0.25) is 4.79 Å². The third-order valence-corrected chi connectivity index (χ3v) is 4.28. The molecule has 0 aromatic carbocycles. The monoisotopic (exact) mass is 239 g/mol. The number of carboxylic acid groups (broad SMARTS) is 2. The molecule has 0 aliphatic heterocycles. The van der Waals surface area contributed by atoms with E-state index in [1.807, 2.05) is 0 Å². The Morgan fingerprint density at radius 3 is 2.65 bits per heavy atom. The van der Waals surface area contributed by atoms with Crippen molar-refractivity contribution in [1.82, 2.24) is 5.32 Å². The van der Waals surface area contributed by atoms with Crippen molar-refractivity contribution in [2.75, 3.05) is 0 Å². The molecule has 1 spiro atoms. The molecule has 0 aromatic rings. The standard InChI is InChI=1S/C12H17NO4/c1-2-13-9(11(16)17)7-4-3-5-12(7)6-8(12)10(14)15/h2,7-9,13H,1,3-6H2,(H,14,15)(H,16,17)/t7-,8?,9?,12?/m1/s1. The fraction of sp³-hybridized carbons (Fsp3) is 0.667. The van der Waals surface area contributed by atoms with E-state index in [4.69, 9.17) is 5.11 Å². The molecule has 3 unspecified atom stereocenters. The van der Waals surface area contributed by atoms with Crippen molar-refractivity contribution in [3.63, 3.8) is 0 Å². The molecule has 0 heterocycles. The van der Waals surface area contributed by atoms with Gasteiger partial charge in [-0.15, -0.1) is 0 Å². The number of rotatable bonds is 5. The summed E-state index contributed by atoms with van der Waals surface area (Å²) < 4.78 is 0. The zero-order valence-corrected chi connectivity index (χ0v) is 9.56. The van der Waals surface area contributed by atoms with Crippen LogP contribution < -0.4 is 5.32 Å². The molecule has 4 atom stereocenters. The Morgan fingerprint density at radius 1 is 1.47 bits per heavy atom. The summed E-state index contributed by atoms with van der Waals surface area (Å²) in [6.07, 6.45) is 4.52. The third kappa shape index (κ3) is 1.79. The van der Waals surface area contributed by atoms with Crippen LogP contribution in [0.15, 0.2) is 12.8 Å². The Hall–Kier alpha value is -1.52. The summed E-state index contributed by atoms with van der Waals surface area (Å²) in [5, 5.41) is 21.0. The van der Waals surface area contributed by atoms with Crippen molar-refractivity contribution < 1.29 is 19.8 Å². The topological polar surface area (TPSA) is 86.6 Å². The maximum atomic E-state index is 11.2. The average molecular weight is 239 g/mol. The summed E-state index contributed by atoms with van der Waals surface area (Å²) in [5.74, 6) is -2.17. The lowest BCUT2D eigenvalue weighted by Gasteiger charge is -2.26. The summed E-state index contributed by atoms with van der Waals surface area (Å²) in [6.45, 7) is 3.49. The highest BCUT2D eigenvalue weighted by molar-refractivity contribution is 5.77. The minimum absolute atomic E-state index is 0.0981. The van der Waals surface area contributed by atoms with Gasteiger partial charge in [0.1, 0.15) is 6.04 Å². The molecular weight excluding hydrogens is 222 g/mol. The van der Waals surface area contributed by atoms with Crippen LogP contribution in [0.25, 0.3) is 0 Å². The summed E-state index contributed by atoms with van der Waals surface area (Å²) in [4.78, 5) is 22.2. The van der Waals surface area contributed by atoms with E-state index in [0.717, 1.165) is 19.3 Å². The van der Waals surface area contributed by atoms with Gasteiger partial charge in [-0.2, -0.15) is 0 Å². The number of carboxylic acids is 2. The van der Waals surface area contributed by atoms with Crippen molar-refractivity contribution >= 4 is 11.9 Å². The van der Waals surface area contributed by atoms with Crippen LogP contribution in [0, 0.1) is 17.3 Å². The molecule has 0 radical (unpaired) electrons. The highest BCUT2D eigenvalue weighted by atomic mass is 16.4. The SMILES string of the molecule is C=CNC(C(=O)O)[C@H]1CCCC12CC2C(=O)O. The lowest BCUT2D eigenvalue weighted by atomic mass is 9.84. The van der Waals surface area contributed by atoms with Gasteiger partial charge in [0.2, 0.25) is 0 Å². The number of aliphatic carboxylic acids is 2. The minimum atomic E-state index is -0.924. The highest BCUT2D eigenvalue weighted by Gasteiger charge is 2.66. The smallest absolute Gasteiger partial charge is 0.326 e. The first-order valence-corrected chi connectivity index (χ1v) is 5.85. The van der Waals surface area contributed by atoms with E-state index in [2.05, 4.69) is 11.9 Å². The second kappa shape index (κ2) is 4.05. The Bertz CT molecular complexity index is 368. The maximum absolute atomic E-state index is 11.2. The second-order valence-corrected chi connectivity index (χ2v) is 5.01. The van der Waals surface area contributed by atoms with Gasteiger partial charge in [0, 0.05) is 0 Å². The van der Waals surface area contributed by atoms with Crippen LogP contribution >= 0.6 is 0 Å². The van der Waals surface area contributed by atoms with E-state index >= 15 is 0 Å². The first kappa shape index (κ1) is 12.0. The van der Waals surface area contributed by atoms with Gasteiger partial charge in [0.15, 0.2) is 0 Å². The van der Waals surface area contributed by atoms with Gasteiger partial charge >= 0.3 is 11.9 Å². The predicted octanol–water partition coefficient (Wildman–Crippen LogP) is 1.06. The molecule has 0 bridgehead atoms. The Kier molecular flexibility index (Phi) is 2.85. The van der Waals surface area contributed by atoms with Gasteiger partial charge in [0.25, 0.3) is 0 Å². The molecule has 5 nitrogen and oxygen atoms in total. The second-order valence-electron chi connectivity index (χ2n) is 5.01. The van der Waals surface area contributed by atoms with Crippen LogP contribution in [0.5, 0.6) is 0 Å². The maximum Gasteiger partial charge on any atom is 0.326 e. The van der Waals surface area contributed by atoms with Crippen LogP contribution in [0.4, 0.5) is 0 Å². The van der Waals surface area contributed by atoms with Crippen LogP contribution in [0.2, 0.25) is 0 Å². The molecule has 2 aliphatic carbocycles. The Morgan fingerprint density at radius 2 is 2.18 bits per heavy atom. The molecule has 94 valence electrons. The van der Waals surface area contributed by atoms with Gasteiger partial charge in [-0.1, -0.05) is 13.0 Å². The normalized spacial score (nSPS) is 36.5. The largest absolute Gasteiger partial charge is 0.481 e. The number of nitrogens with one attached hydrogen (secondary N) is 1. The van der Waals surface area contributed by atoms with E-state index in [1.54, 1.807) is 0 Å². The molecule has 2 aliphatic rings. The molecule has 0 saturated heterocycles. The molecule has 0 amide bonds. The molecule has 2 saturated carbocycles. The van der Waals surface area contributed by atoms with Crippen LogP contribution in [0.3, 0.4) is 0 Å². The minimum Gasteiger partial charge on any atom is -0.481 e. The number of carbonyl (C=O) groups is 2. The molecule has 17 heavy (non-hydrogen) atoms. The fourth-order valence-electron chi connectivity index (χ4n) is 3.45. The van der Waals surface area contributed by atoms with Crippen molar-refractivity contribution in [2.45, 2.75) is 31.7 Å². The van der Waals surface area contributed by atoms with Crippen LogP contribution in [-0.2, 0) is 9.59 Å². The Balaban J connectivity index is 2.17. The Labute approximate surface area is 99.5 Å². The van der Waals surface area contributed by atoms with Crippen molar-refractivity contribution in [2.24, 2.45) is 17.3 Å².